The van der Waals surface area contributed by atoms with E-state index in [4.69, 9.17) is 9.47 Å². The zero-order valence-corrected chi connectivity index (χ0v) is 12.2. The molecule has 0 saturated heterocycles. The zero-order chi connectivity index (χ0) is 15.7. The summed E-state index contributed by atoms with van der Waals surface area (Å²) in [6.07, 6.45) is 0. The summed E-state index contributed by atoms with van der Waals surface area (Å²) < 4.78 is 11.7. The van der Waals surface area contributed by atoms with Crippen molar-refractivity contribution in [2.45, 2.75) is 13.0 Å². The van der Waals surface area contributed by atoms with E-state index < -0.39 is 0 Å². The van der Waals surface area contributed by atoms with Gasteiger partial charge < -0.3 is 14.8 Å². The van der Waals surface area contributed by atoms with Gasteiger partial charge in [0.25, 0.3) is 11.5 Å². The van der Waals surface area contributed by atoms with Crippen molar-refractivity contribution in [1.29, 1.82) is 0 Å². The van der Waals surface area contributed by atoms with Crippen LogP contribution in [0.4, 0.5) is 0 Å². The summed E-state index contributed by atoms with van der Waals surface area (Å²) in [6, 6.07) is 8.00. The topological polar surface area (TPSA) is 82.5 Å². The van der Waals surface area contributed by atoms with Gasteiger partial charge in [0, 0.05) is 13.1 Å². The maximum atomic E-state index is 12.2. The van der Waals surface area contributed by atoms with Crippen LogP contribution in [-0.2, 0) is 7.05 Å². The van der Waals surface area contributed by atoms with E-state index >= 15 is 0 Å². The highest BCUT2D eigenvalue weighted by atomic mass is 16.7. The average molecular weight is 301 g/mol. The molecular weight excluding hydrogens is 286 g/mol. The number of benzene rings is 1. The van der Waals surface area contributed by atoms with Crippen LogP contribution >= 0.6 is 0 Å². The van der Waals surface area contributed by atoms with E-state index in [1.165, 1.54) is 19.2 Å². The Morgan fingerprint density at radius 3 is 2.82 bits per heavy atom. The molecule has 1 aliphatic rings. The number of aryl methyl sites for hydroxylation is 1. The van der Waals surface area contributed by atoms with E-state index in [2.05, 4.69) is 10.4 Å². The first kappa shape index (κ1) is 14.1. The molecular formula is C15H15N3O4. The molecule has 7 nitrogen and oxygen atoms in total. The summed E-state index contributed by atoms with van der Waals surface area (Å²) in [6.45, 7) is 2.07. The van der Waals surface area contributed by atoms with Crippen LogP contribution in [0.1, 0.15) is 29.0 Å². The number of ether oxygens (including phenoxy) is 2. The highest BCUT2D eigenvalue weighted by Crippen LogP contribution is 2.34. The van der Waals surface area contributed by atoms with Gasteiger partial charge in [-0.25, -0.2) is 4.68 Å². The third-order valence-corrected chi connectivity index (χ3v) is 3.44. The highest BCUT2D eigenvalue weighted by Gasteiger charge is 2.18. The zero-order valence-electron chi connectivity index (χ0n) is 12.2. The van der Waals surface area contributed by atoms with Gasteiger partial charge in [-0.3, -0.25) is 9.59 Å². The fourth-order valence-corrected chi connectivity index (χ4v) is 2.16. The number of nitrogens with zero attached hydrogens (tertiary/aromatic N) is 2. The molecule has 0 fully saturated rings. The Hall–Kier alpha value is -2.83. The quantitative estimate of drug-likeness (QED) is 0.914. The van der Waals surface area contributed by atoms with Crippen molar-refractivity contribution >= 4 is 5.91 Å². The molecule has 114 valence electrons. The summed E-state index contributed by atoms with van der Waals surface area (Å²) in [7, 11) is 1.50. The van der Waals surface area contributed by atoms with Gasteiger partial charge in [0.05, 0.1) is 6.04 Å². The minimum Gasteiger partial charge on any atom is -0.454 e. The minimum atomic E-state index is -0.347. The lowest BCUT2D eigenvalue weighted by atomic mass is 10.1. The maximum Gasteiger partial charge on any atom is 0.272 e. The first-order chi connectivity index (χ1) is 10.5. The van der Waals surface area contributed by atoms with Gasteiger partial charge in [-0.05, 0) is 30.7 Å². The number of fused-ring (bicyclic) bond motifs is 1. The number of rotatable bonds is 3. The molecule has 0 saturated carbocycles. The third-order valence-electron chi connectivity index (χ3n) is 3.44. The molecule has 7 heteroatoms. The van der Waals surface area contributed by atoms with E-state index in [0.717, 1.165) is 10.2 Å². The van der Waals surface area contributed by atoms with Gasteiger partial charge in [-0.1, -0.05) is 6.07 Å². The van der Waals surface area contributed by atoms with Gasteiger partial charge in [0.2, 0.25) is 6.79 Å². The molecule has 1 atom stereocenters. The molecule has 1 aliphatic heterocycles. The maximum absolute atomic E-state index is 12.2. The SMILES string of the molecule is CC(NC(=O)c1ccc(=O)n(C)n1)c1ccc2c(c1)OCO2. The lowest BCUT2D eigenvalue weighted by Crippen LogP contribution is -2.30. The second-order valence-corrected chi connectivity index (χ2v) is 4.99. The molecule has 1 aromatic carbocycles. The van der Waals surface area contributed by atoms with E-state index in [-0.39, 0.29) is 30.0 Å². The van der Waals surface area contributed by atoms with Crippen molar-refractivity contribution in [3.05, 3.63) is 51.9 Å². The van der Waals surface area contributed by atoms with Crippen molar-refractivity contribution in [2.75, 3.05) is 6.79 Å². The van der Waals surface area contributed by atoms with Crippen molar-refractivity contribution in [1.82, 2.24) is 15.1 Å². The van der Waals surface area contributed by atoms with Gasteiger partial charge in [0.15, 0.2) is 11.5 Å². The number of nitrogens with one attached hydrogen (secondary N) is 1. The molecule has 1 amide bonds. The third kappa shape index (κ3) is 2.65. The van der Waals surface area contributed by atoms with Crippen molar-refractivity contribution in [3.63, 3.8) is 0 Å². The van der Waals surface area contributed by atoms with Crippen LogP contribution in [0, 0.1) is 0 Å². The molecule has 1 aromatic heterocycles. The van der Waals surface area contributed by atoms with Crippen molar-refractivity contribution in [3.8, 4) is 11.5 Å². The number of carbonyl (C=O) groups excluding carboxylic acids is 1. The lowest BCUT2D eigenvalue weighted by Gasteiger charge is -2.14. The second-order valence-electron chi connectivity index (χ2n) is 4.99. The molecule has 22 heavy (non-hydrogen) atoms. The molecule has 0 bridgehead atoms. The number of hydrogen-bond acceptors (Lipinski definition) is 5. The molecule has 0 spiro atoms. The smallest absolute Gasteiger partial charge is 0.272 e. The molecule has 3 rings (SSSR count). The van der Waals surface area contributed by atoms with Crippen LogP contribution in [0.5, 0.6) is 11.5 Å². The predicted molar refractivity (Wildman–Crippen MR) is 77.9 cm³/mol. The lowest BCUT2D eigenvalue weighted by molar-refractivity contribution is 0.0932. The van der Waals surface area contributed by atoms with E-state index in [1.807, 2.05) is 25.1 Å². The van der Waals surface area contributed by atoms with Gasteiger partial charge in [-0.2, -0.15) is 5.10 Å². The Kier molecular flexibility index (Phi) is 3.54. The van der Waals surface area contributed by atoms with E-state index in [1.54, 1.807) is 0 Å². The van der Waals surface area contributed by atoms with Crippen LogP contribution in [0.25, 0.3) is 0 Å². The van der Waals surface area contributed by atoms with Crippen LogP contribution in [0.2, 0.25) is 0 Å². The Balaban J connectivity index is 1.75. The van der Waals surface area contributed by atoms with E-state index in [9.17, 15) is 9.59 Å². The number of amides is 1. The van der Waals surface area contributed by atoms with Gasteiger partial charge in [0.1, 0.15) is 5.69 Å². The molecule has 2 heterocycles. The van der Waals surface area contributed by atoms with Crippen molar-refractivity contribution < 1.29 is 14.3 Å². The average Bonchev–Trinajstić information content (AvgIpc) is 2.97. The summed E-state index contributed by atoms with van der Waals surface area (Å²) in [5.41, 5.74) is 0.817. The Morgan fingerprint density at radius 1 is 1.27 bits per heavy atom. The van der Waals surface area contributed by atoms with E-state index in [0.29, 0.717) is 11.5 Å². The Morgan fingerprint density at radius 2 is 2.05 bits per heavy atom. The largest absolute Gasteiger partial charge is 0.454 e. The Bertz CT molecular complexity index is 785. The molecule has 2 aromatic rings. The number of hydrogen-bond donors (Lipinski definition) is 1. The van der Waals surface area contributed by atoms with Crippen molar-refractivity contribution in [2.24, 2.45) is 7.05 Å². The summed E-state index contributed by atoms with van der Waals surface area (Å²) in [4.78, 5) is 23.5. The second kappa shape index (κ2) is 5.51. The van der Waals surface area contributed by atoms with Crippen LogP contribution < -0.4 is 20.3 Å². The highest BCUT2D eigenvalue weighted by molar-refractivity contribution is 5.92. The normalized spacial score (nSPS) is 13.7. The van der Waals surface area contributed by atoms with Crippen LogP contribution in [0.3, 0.4) is 0 Å². The monoisotopic (exact) mass is 301 g/mol. The fraction of sp³-hybridized carbons (Fsp3) is 0.267. The summed E-state index contributed by atoms with van der Waals surface area (Å²) in [5.74, 6) is 1.02. The fourth-order valence-electron chi connectivity index (χ4n) is 2.16. The Labute approximate surface area is 126 Å². The summed E-state index contributed by atoms with van der Waals surface area (Å²) >= 11 is 0. The van der Waals surface area contributed by atoms with Crippen LogP contribution in [0.15, 0.2) is 35.1 Å². The first-order valence-electron chi connectivity index (χ1n) is 6.79. The molecule has 1 unspecified atom stereocenters. The molecule has 1 N–H and O–H groups in total. The predicted octanol–water partition coefficient (Wildman–Crippen LogP) is 1.000. The molecule has 0 aliphatic carbocycles. The number of carbonyl (C=O) groups is 1. The van der Waals surface area contributed by atoms with Crippen LogP contribution in [-0.4, -0.2) is 22.5 Å². The first-order valence-corrected chi connectivity index (χ1v) is 6.79. The standard InChI is InChI=1S/C15H15N3O4/c1-9(10-3-5-12-13(7-10)22-8-21-12)16-15(20)11-4-6-14(19)18(2)17-11/h3-7,9H,8H2,1-2H3,(H,16,20). The number of aromatic nitrogens is 2. The van der Waals surface area contributed by atoms with Gasteiger partial charge >= 0.3 is 0 Å². The summed E-state index contributed by atoms with van der Waals surface area (Å²) in [5, 5.41) is 6.76. The van der Waals surface area contributed by atoms with Gasteiger partial charge in [-0.15, -0.1) is 0 Å². The molecule has 0 radical (unpaired) electrons. The minimum absolute atomic E-state index is 0.190.